The highest BCUT2D eigenvalue weighted by Crippen LogP contribution is 2.33. The van der Waals surface area contributed by atoms with E-state index >= 15 is 0 Å². The Morgan fingerprint density at radius 3 is 2.53 bits per heavy atom. The lowest BCUT2D eigenvalue weighted by Crippen LogP contribution is -2.35. The number of nitrogens with one attached hydrogen (secondary N) is 2. The number of amides is 2. The van der Waals surface area contributed by atoms with Gasteiger partial charge in [0.25, 0.3) is 5.91 Å². The molecule has 6 nitrogen and oxygen atoms in total. The summed E-state index contributed by atoms with van der Waals surface area (Å²) in [7, 11) is 0. The van der Waals surface area contributed by atoms with E-state index in [4.69, 9.17) is 0 Å². The van der Waals surface area contributed by atoms with Gasteiger partial charge in [-0.15, -0.1) is 11.3 Å². The maximum absolute atomic E-state index is 12.6. The van der Waals surface area contributed by atoms with E-state index in [2.05, 4.69) is 20.4 Å². The highest BCUT2D eigenvalue weighted by atomic mass is 32.1. The van der Waals surface area contributed by atoms with Gasteiger partial charge in [-0.3, -0.25) is 9.59 Å². The van der Waals surface area contributed by atoms with Crippen LogP contribution >= 0.6 is 11.3 Å². The van der Waals surface area contributed by atoms with Crippen molar-refractivity contribution in [3.8, 4) is 17.0 Å². The number of carbonyl (C=O) groups excluding carboxylic acids is 2. The third-order valence-electron chi connectivity index (χ3n) is 4.03. The lowest BCUT2D eigenvalue weighted by molar-refractivity contribution is -0.116. The summed E-state index contributed by atoms with van der Waals surface area (Å²) >= 11 is 1.16. The molecule has 0 bridgehead atoms. The van der Waals surface area contributed by atoms with E-state index in [0.717, 1.165) is 11.3 Å². The second kappa shape index (κ2) is 9.93. The molecule has 0 aliphatic rings. The molecule has 2 amide bonds. The third kappa shape index (κ3) is 5.84. The number of thiazole rings is 1. The number of benzene rings is 2. The number of para-hydroxylation sites is 1. The number of hydrogen-bond donors (Lipinski definition) is 2. The first-order valence-electron chi connectivity index (χ1n) is 9.08. The highest BCUT2D eigenvalue weighted by molar-refractivity contribution is 7.14. The van der Waals surface area contributed by atoms with Crippen LogP contribution in [0.25, 0.3) is 11.3 Å². The predicted octanol–water partition coefficient (Wildman–Crippen LogP) is 4.56. The Hall–Kier alpha value is -3.33. The first-order valence-corrected chi connectivity index (χ1v) is 9.96. The van der Waals surface area contributed by atoms with Gasteiger partial charge in [-0.25, -0.2) is 4.98 Å². The van der Waals surface area contributed by atoms with Crippen molar-refractivity contribution >= 4 is 28.3 Å². The van der Waals surface area contributed by atoms with Crippen molar-refractivity contribution in [2.75, 3.05) is 5.32 Å². The van der Waals surface area contributed by atoms with Crippen molar-refractivity contribution in [2.45, 2.75) is 26.0 Å². The van der Waals surface area contributed by atoms with Crippen molar-refractivity contribution in [2.24, 2.45) is 0 Å². The average Bonchev–Trinajstić information content (AvgIpc) is 3.16. The Kier molecular flexibility index (Phi) is 7.08. The van der Waals surface area contributed by atoms with Crippen LogP contribution in [0, 0.1) is 0 Å². The summed E-state index contributed by atoms with van der Waals surface area (Å²) in [6, 6.07) is 14.6. The quantitative estimate of drug-likeness (QED) is 0.548. The van der Waals surface area contributed by atoms with Crippen LogP contribution in [0.1, 0.15) is 23.7 Å². The number of nitrogens with zero attached hydrogens (tertiary/aromatic N) is 1. The lowest BCUT2D eigenvalue weighted by atomic mass is 10.1. The molecular weight excluding hydrogens is 412 g/mol. The molecule has 156 valence electrons. The topological polar surface area (TPSA) is 80.3 Å². The zero-order valence-electron chi connectivity index (χ0n) is 16.0. The largest absolute Gasteiger partial charge is 0.434 e. The SMILES string of the molecule is CC(CC(=O)Nc1nc(-c2ccccc2OC(F)F)cs1)NC(=O)c1ccccc1. The number of rotatable bonds is 8. The van der Waals surface area contributed by atoms with Gasteiger partial charge < -0.3 is 15.4 Å². The van der Waals surface area contributed by atoms with Crippen LogP contribution < -0.4 is 15.4 Å². The molecule has 0 fully saturated rings. The van der Waals surface area contributed by atoms with E-state index in [1.54, 1.807) is 54.8 Å². The summed E-state index contributed by atoms with van der Waals surface area (Å²) < 4.78 is 29.7. The van der Waals surface area contributed by atoms with Gasteiger partial charge in [-0.1, -0.05) is 30.3 Å². The van der Waals surface area contributed by atoms with Gasteiger partial charge in [0.05, 0.1) is 5.69 Å². The first-order chi connectivity index (χ1) is 14.4. The summed E-state index contributed by atoms with van der Waals surface area (Å²) in [4.78, 5) is 28.7. The number of alkyl halides is 2. The zero-order valence-corrected chi connectivity index (χ0v) is 16.8. The van der Waals surface area contributed by atoms with Gasteiger partial charge in [-0.2, -0.15) is 8.78 Å². The van der Waals surface area contributed by atoms with Gasteiger partial charge >= 0.3 is 6.61 Å². The minimum Gasteiger partial charge on any atom is -0.434 e. The van der Waals surface area contributed by atoms with E-state index in [1.807, 2.05) is 6.07 Å². The van der Waals surface area contributed by atoms with Crippen molar-refractivity contribution in [1.29, 1.82) is 0 Å². The molecule has 0 aliphatic heterocycles. The Bertz CT molecular complexity index is 1010. The number of halogens is 2. The van der Waals surface area contributed by atoms with Crippen LogP contribution in [0.4, 0.5) is 13.9 Å². The molecule has 1 aromatic heterocycles. The van der Waals surface area contributed by atoms with E-state index in [0.29, 0.717) is 22.0 Å². The molecule has 1 atom stereocenters. The zero-order chi connectivity index (χ0) is 21.5. The molecule has 0 spiro atoms. The number of ether oxygens (including phenoxy) is 1. The Labute approximate surface area is 175 Å². The van der Waals surface area contributed by atoms with Gasteiger partial charge in [0.1, 0.15) is 5.75 Å². The standard InChI is InChI=1S/C21H19F2N3O3S/c1-13(24-19(28)14-7-3-2-4-8-14)11-18(27)26-21-25-16(12-30-21)15-9-5-6-10-17(15)29-20(22)23/h2-10,12-13,20H,11H2,1H3,(H,24,28)(H,25,26,27). The molecule has 0 saturated carbocycles. The molecule has 2 N–H and O–H groups in total. The van der Waals surface area contributed by atoms with E-state index in [-0.39, 0.29) is 24.0 Å². The van der Waals surface area contributed by atoms with E-state index in [1.165, 1.54) is 6.07 Å². The van der Waals surface area contributed by atoms with Crippen molar-refractivity contribution < 1.29 is 23.1 Å². The van der Waals surface area contributed by atoms with Crippen molar-refractivity contribution in [1.82, 2.24) is 10.3 Å². The summed E-state index contributed by atoms with van der Waals surface area (Å²) in [6.07, 6.45) is 0.0541. The molecule has 30 heavy (non-hydrogen) atoms. The fraction of sp³-hybridized carbons (Fsp3) is 0.190. The molecule has 0 radical (unpaired) electrons. The fourth-order valence-corrected chi connectivity index (χ4v) is 3.45. The van der Waals surface area contributed by atoms with Crippen LogP contribution in [0.2, 0.25) is 0 Å². The Balaban J connectivity index is 1.58. The average molecular weight is 431 g/mol. The molecule has 0 saturated heterocycles. The maximum atomic E-state index is 12.6. The molecule has 2 aromatic carbocycles. The van der Waals surface area contributed by atoms with Gasteiger partial charge in [0.2, 0.25) is 5.91 Å². The van der Waals surface area contributed by atoms with Crippen LogP contribution in [-0.4, -0.2) is 29.5 Å². The van der Waals surface area contributed by atoms with Gasteiger partial charge in [0, 0.05) is 29.0 Å². The monoisotopic (exact) mass is 431 g/mol. The molecule has 1 unspecified atom stereocenters. The van der Waals surface area contributed by atoms with Crippen molar-refractivity contribution in [3.63, 3.8) is 0 Å². The second-order valence-corrected chi connectivity index (χ2v) is 7.26. The predicted molar refractivity (Wildman–Crippen MR) is 111 cm³/mol. The Morgan fingerprint density at radius 2 is 1.80 bits per heavy atom. The molecule has 3 rings (SSSR count). The molecule has 0 aliphatic carbocycles. The molecule has 3 aromatic rings. The molecular formula is C21H19F2N3O3S. The third-order valence-corrected chi connectivity index (χ3v) is 4.79. The lowest BCUT2D eigenvalue weighted by Gasteiger charge is -2.13. The highest BCUT2D eigenvalue weighted by Gasteiger charge is 2.16. The summed E-state index contributed by atoms with van der Waals surface area (Å²) in [5, 5.41) is 7.40. The second-order valence-electron chi connectivity index (χ2n) is 6.41. The summed E-state index contributed by atoms with van der Waals surface area (Å²) in [5.74, 6) is -0.579. The van der Waals surface area contributed by atoms with Gasteiger partial charge in [0.15, 0.2) is 5.13 Å². The molecule has 1 heterocycles. The Morgan fingerprint density at radius 1 is 1.10 bits per heavy atom. The van der Waals surface area contributed by atoms with E-state index in [9.17, 15) is 18.4 Å². The van der Waals surface area contributed by atoms with Gasteiger partial charge in [-0.05, 0) is 31.2 Å². The normalized spacial score (nSPS) is 11.7. The van der Waals surface area contributed by atoms with Crippen molar-refractivity contribution in [3.05, 3.63) is 65.5 Å². The molecule has 9 heteroatoms. The smallest absolute Gasteiger partial charge is 0.387 e. The maximum Gasteiger partial charge on any atom is 0.387 e. The fourth-order valence-electron chi connectivity index (χ4n) is 2.73. The number of carbonyl (C=O) groups is 2. The number of hydrogen-bond acceptors (Lipinski definition) is 5. The van der Waals surface area contributed by atoms with Crippen LogP contribution in [0.3, 0.4) is 0 Å². The van der Waals surface area contributed by atoms with Crippen LogP contribution in [0.15, 0.2) is 60.0 Å². The number of anilines is 1. The van der Waals surface area contributed by atoms with E-state index < -0.39 is 12.7 Å². The van der Waals surface area contributed by atoms with Crippen LogP contribution in [-0.2, 0) is 4.79 Å². The first kappa shape index (κ1) is 21.4. The minimum atomic E-state index is -2.95. The number of aromatic nitrogens is 1. The summed E-state index contributed by atoms with van der Waals surface area (Å²) in [6.45, 7) is -1.22. The van der Waals surface area contributed by atoms with Crippen LogP contribution in [0.5, 0.6) is 5.75 Å². The summed E-state index contributed by atoms with van der Waals surface area (Å²) in [5.41, 5.74) is 1.33. The minimum absolute atomic E-state index is 0.00734.